The maximum Gasteiger partial charge on any atom is 0.244 e. The van der Waals surface area contributed by atoms with Crippen LogP contribution in [0.25, 0.3) is 0 Å². The molecule has 0 saturated carbocycles. The van der Waals surface area contributed by atoms with Crippen molar-refractivity contribution in [3.05, 3.63) is 71.8 Å². The highest BCUT2D eigenvalue weighted by Gasteiger charge is 2.32. The molecule has 0 fully saturated rings. The Kier molecular flexibility index (Phi) is 7.21. The first-order valence-electron chi connectivity index (χ1n) is 8.44. The van der Waals surface area contributed by atoms with Gasteiger partial charge in [-0.3, -0.25) is 4.79 Å². The lowest BCUT2D eigenvalue weighted by molar-refractivity contribution is -0.126. The number of carbonyl (C=O) groups excluding carboxylic acids is 1. The molecular weight excluding hydrogens is 332 g/mol. The number of nitrogens with two attached hydrogens (primary N) is 1. The van der Waals surface area contributed by atoms with Gasteiger partial charge in [0, 0.05) is 6.04 Å². The van der Waals surface area contributed by atoms with Gasteiger partial charge in [0.05, 0.1) is 0 Å². The predicted molar refractivity (Wildman–Crippen MR) is 107 cm³/mol. The van der Waals surface area contributed by atoms with Gasteiger partial charge in [-0.25, -0.2) is 0 Å². The zero-order valence-corrected chi connectivity index (χ0v) is 16.3. The van der Waals surface area contributed by atoms with Crippen molar-refractivity contribution in [2.24, 2.45) is 5.73 Å². The zero-order chi connectivity index (χ0) is 17.8. The molecule has 2 aromatic carbocycles. The molecular formula is C21H29ClN2O. The third-order valence-electron chi connectivity index (χ3n) is 4.59. The van der Waals surface area contributed by atoms with E-state index in [0.29, 0.717) is 0 Å². The largest absolute Gasteiger partial charge is 0.352 e. The Hall–Kier alpha value is -1.84. The Balaban J connectivity index is 0.00000312. The molecule has 0 aliphatic rings. The fraction of sp³-hybridized carbons (Fsp3) is 0.381. The molecule has 0 heterocycles. The first kappa shape index (κ1) is 21.2. The second kappa shape index (κ2) is 8.50. The van der Waals surface area contributed by atoms with Crippen molar-refractivity contribution in [2.45, 2.75) is 51.1 Å². The minimum atomic E-state index is -1.04. The lowest BCUT2D eigenvalue weighted by Crippen LogP contribution is -2.52. The van der Waals surface area contributed by atoms with Crippen LogP contribution < -0.4 is 11.1 Å². The molecule has 2 unspecified atom stereocenters. The van der Waals surface area contributed by atoms with Gasteiger partial charge in [0.25, 0.3) is 0 Å². The molecule has 136 valence electrons. The smallest absolute Gasteiger partial charge is 0.244 e. The number of carbonyl (C=O) groups is 1. The van der Waals surface area contributed by atoms with Gasteiger partial charge in [-0.1, -0.05) is 74.5 Å². The van der Waals surface area contributed by atoms with E-state index in [1.54, 1.807) is 6.92 Å². The maximum atomic E-state index is 12.7. The highest BCUT2D eigenvalue weighted by Crippen LogP contribution is 2.28. The van der Waals surface area contributed by atoms with Crippen molar-refractivity contribution in [1.29, 1.82) is 0 Å². The molecule has 3 nitrogen and oxygen atoms in total. The van der Waals surface area contributed by atoms with Gasteiger partial charge in [-0.15, -0.1) is 12.4 Å². The summed E-state index contributed by atoms with van der Waals surface area (Å²) in [7, 11) is 0. The fourth-order valence-corrected chi connectivity index (χ4v) is 3.11. The van der Waals surface area contributed by atoms with Crippen molar-refractivity contribution in [3.63, 3.8) is 0 Å². The molecule has 0 radical (unpaired) electrons. The van der Waals surface area contributed by atoms with E-state index in [9.17, 15) is 4.79 Å². The van der Waals surface area contributed by atoms with Crippen LogP contribution in [0.1, 0.15) is 45.2 Å². The van der Waals surface area contributed by atoms with Crippen LogP contribution in [0.3, 0.4) is 0 Å². The van der Waals surface area contributed by atoms with Crippen LogP contribution in [0.2, 0.25) is 0 Å². The molecule has 1 amide bonds. The molecule has 4 heteroatoms. The lowest BCUT2D eigenvalue weighted by atomic mass is 9.79. The summed E-state index contributed by atoms with van der Waals surface area (Å²) in [6.07, 6.45) is 0.841. The van der Waals surface area contributed by atoms with Crippen LogP contribution in [0.5, 0.6) is 0 Å². The van der Waals surface area contributed by atoms with E-state index >= 15 is 0 Å². The molecule has 2 atom stereocenters. The fourth-order valence-electron chi connectivity index (χ4n) is 3.11. The molecule has 0 aromatic heterocycles. The summed E-state index contributed by atoms with van der Waals surface area (Å²) in [6.45, 7) is 8.18. The van der Waals surface area contributed by atoms with Crippen molar-refractivity contribution in [1.82, 2.24) is 5.32 Å². The van der Waals surface area contributed by atoms with Gasteiger partial charge in [0.15, 0.2) is 0 Å². The molecule has 0 aliphatic heterocycles. The van der Waals surface area contributed by atoms with Crippen LogP contribution in [-0.4, -0.2) is 11.9 Å². The molecule has 2 rings (SSSR count). The van der Waals surface area contributed by atoms with Crippen molar-refractivity contribution >= 4 is 18.3 Å². The SMILES string of the molecule is CC(CC(C)(C)c1ccccc1)NC(=O)C(C)(N)c1ccccc1.Cl. The Labute approximate surface area is 157 Å². The van der Waals surface area contributed by atoms with Gasteiger partial charge in [0.2, 0.25) is 5.91 Å². The maximum absolute atomic E-state index is 12.7. The Morgan fingerprint density at radius 3 is 1.88 bits per heavy atom. The Bertz CT molecular complexity index is 669. The highest BCUT2D eigenvalue weighted by atomic mass is 35.5. The van der Waals surface area contributed by atoms with E-state index in [1.807, 2.05) is 55.5 Å². The molecule has 2 aromatic rings. The summed E-state index contributed by atoms with van der Waals surface area (Å²) in [5.74, 6) is -0.148. The van der Waals surface area contributed by atoms with E-state index in [2.05, 4.69) is 31.3 Å². The van der Waals surface area contributed by atoms with Gasteiger partial charge in [-0.05, 0) is 36.8 Å². The quantitative estimate of drug-likeness (QED) is 0.812. The molecule has 3 N–H and O–H groups in total. The first-order valence-corrected chi connectivity index (χ1v) is 8.44. The number of hydrogen-bond acceptors (Lipinski definition) is 2. The van der Waals surface area contributed by atoms with Crippen molar-refractivity contribution in [3.8, 4) is 0 Å². The Morgan fingerprint density at radius 2 is 1.40 bits per heavy atom. The zero-order valence-electron chi connectivity index (χ0n) is 15.5. The van der Waals surface area contributed by atoms with E-state index in [4.69, 9.17) is 5.73 Å². The van der Waals surface area contributed by atoms with E-state index in [0.717, 1.165) is 12.0 Å². The van der Waals surface area contributed by atoms with Crippen LogP contribution in [-0.2, 0) is 15.7 Å². The van der Waals surface area contributed by atoms with Crippen molar-refractivity contribution < 1.29 is 4.79 Å². The highest BCUT2D eigenvalue weighted by molar-refractivity contribution is 5.87. The third-order valence-corrected chi connectivity index (χ3v) is 4.59. The van der Waals surface area contributed by atoms with E-state index in [1.165, 1.54) is 5.56 Å². The Morgan fingerprint density at radius 1 is 0.960 bits per heavy atom. The number of rotatable bonds is 6. The number of benzene rings is 2. The van der Waals surface area contributed by atoms with Crippen LogP contribution in [0, 0.1) is 0 Å². The third kappa shape index (κ3) is 5.32. The van der Waals surface area contributed by atoms with Crippen molar-refractivity contribution in [2.75, 3.05) is 0 Å². The molecule has 25 heavy (non-hydrogen) atoms. The van der Waals surface area contributed by atoms with E-state index < -0.39 is 5.54 Å². The second-order valence-electron chi connectivity index (χ2n) is 7.40. The summed E-state index contributed by atoms with van der Waals surface area (Å²) in [4.78, 5) is 12.7. The predicted octanol–water partition coefficient (Wildman–Crippen LogP) is 4.15. The molecule has 0 bridgehead atoms. The summed E-state index contributed by atoms with van der Waals surface area (Å²) < 4.78 is 0. The molecule has 0 saturated heterocycles. The second-order valence-corrected chi connectivity index (χ2v) is 7.40. The van der Waals surface area contributed by atoms with E-state index in [-0.39, 0.29) is 29.8 Å². The average Bonchev–Trinajstić information content (AvgIpc) is 2.55. The monoisotopic (exact) mass is 360 g/mol. The minimum Gasteiger partial charge on any atom is -0.352 e. The van der Waals surface area contributed by atoms with Crippen LogP contribution >= 0.6 is 12.4 Å². The average molecular weight is 361 g/mol. The first-order chi connectivity index (χ1) is 11.2. The van der Waals surface area contributed by atoms with Gasteiger partial charge < -0.3 is 11.1 Å². The van der Waals surface area contributed by atoms with Gasteiger partial charge in [-0.2, -0.15) is 0 Å². The van der Waals surface area contributed by atoms with Gasteiger partial charge in [0.1, 0.15) is 5.54 Å². The number of halogens is 1. The van der Waals surface area contributed by atoms with Crippen LogP contribution in [0.15, 0.2) is 60.7 Å². The minimum absolute atomic E-state index is 0. The summed E-state index contributed by atoms with van der Waals surface area (Å²) in [5.41, 5.74) is 7.32. The van der Waals surface area contributed by atoms with Crippen LogP contribution in [0.4, 0.5) is 0 Å². The van der Waals surface area contributed by atoms with Gasteiger partial charge >= 0.3 is 0 Å². The summed E-state index contributed by atoms with van der Waals surface area (Å²) in [5, 5.41) is 3.08. The number of nitrogens with one attached hydrogen (secondary N) is 1. The molecule has 0 spiro atoms. The number of amides is 1. The topological polar surface area (TPSA) is 55.1 Å². The summed E-state index contributed by atoms with van der Waals surface area (Å²) >= 11 is 0. The summed E-state index contributed by atoms with van der Waals surface area (Å²) in [6, 6.07) is 19.9. The number of hydrogen-bond donors (Lipinski definition) is 2. The molecule has 0 aliphatic carbocycles. The normalized spacial score (nSPS) is 14.8. The standard InChI is InChI=1S/C21H28N2O.ClH/c1-16(15-20(2,3)17-11-7-5-8-12-17)23-19(24)21(4,22)18-13-9-6-10-14-18;/h5-14,16H,15,22H2,1-4H3,(H,23,24);1H. The lowest BCUT2D eigenvalue weighted by Gasteiger charge is -2.31.